The van der Waals surface area contributed by atoms with Crippen LogP contribution in [0.1, 0.15) is 56.8 Å². The molecule has 25 heavy (non-hydrogen) atoms. The van der Waals surface area contributed by atoms with Crippen LogP contribution in [0.3, 0.4) is 0 Å². The molecule has 1 aliphatic heterocycles. The van der Waals surface area contributed by atoms with Crippen LogP contribution in [0.4, 0.5) is 0 Å². The zero-order valence-corrected chi connectivity index (χ0v) is 14.0. The van der Waals surface area contributed by atoms with Gasteiger partial charge in [-0.2, -0.15) is 0 Å². The van der Waals surface area contributed by atoms with E-state index in [0.717, 1.165) is 0 Å². The number of carbonyl (C=O) groups is 2. The quantitative estimate of drug-likeness (QED) is 0.747. The standard InChI is InChI=1S/C20H18O5/c1-20(2,24)15-8-14-16-13(7-10(9-21)19(14)25-15)17(22)11-5-3-4-6-12(11)18(16)23/h3-7,15,21,24H,8-9H2,1-2H3/t15-/m0/s1. The number of carbonyl (C=O) groups excluding carboxylic acids is 2. The van der Waals surface area contributed by atoms with Gasteiger partial charge in [-0.15, -0.1) is 0 Å². The summed E-state index contributed by atoms with van der Waals surface area (Å²) < 4.78 is 5.86. The van der Waals surface area contributed by atoms with Crippen molar-refractivity contribution in [3.8, 4) is 5.75 Å². The molecule has 0 fully saturated rings. The van der Waals surface area contributed by atoms with Crippen LogP contribution in [-0.4, -0.2) is 33.5 Å². The molecule has 2 aromatic carbocycles. The van der Waals surface area contributed by atoms with Crippen molar-refractivity contribution in [1.82, 2.24) is 0 Å². The highest BCUT2D eigenvalue weighted by atomic mass is 16.5. The molecule has 2 aromatic rings. The van der Waals surface area contributed by atoms with E-state index in [1.165, 1.54) is 6.07 Å². The molecule has 0 unspecified atom stereocenters. The van der Waals surface area contributed by atoms with E-state index >= 15 is 0 Å². The Morgan fingerprint density at radius 3 is 2.36 bits per heavy atom. The fourth-order valence-corrected chi connectivity index (χ4v) is 3.60. The first-order chi connectivity index (χ1) is 11.8. The molecule has 1 heterocycles. The average molecular weight is 338 g/mol. The van der Waals surface area contributed by atoms with Crippen LogP contribution in [0.5, 0.6) is 5.75 Å². The van der Waals surface area contributed by atoms with Crippen molar-refractivity contribution in [2.45, 2.75) is 38.6 Å². The minimum Gasteiger partial charge on any atom is -0.486 e. The Morgan fingerprint density at radius 2 is 1.76 bits per heavy atom. The third-order valence-electron chi connectivity index (χ3n) is 4.95. The molecule has 1 aliphatic carbocycles. The van der Waals surface area contributed by atoms with Crippen molar-refractivity contribution < 1.29 is 24.5 Å². The third kappa shape index (κ3) is 2.23. The zero-order valence-electron chi connectivity index (χ0n) is 14.0. The van der Waals surface area contributed by atoms with Gasteiger partial charge in [-0.25, -0.2) is 0 Å². The first kappa shape index (κ1) is 16.0. The minimum atomic E-state index is -1.11. The number of hydrogen-bond acceptors (Lipinski definition) is 5. The van der Waals surface area contributed by atoms with E-state index in [9.17, 15) is 19.8 Å². The number of hydrogen-bond donors (Lipinski definition) is 2. The largest absolute Gasteiger partial charge is 0.486 e. The summed E-state index contributed by atoms with van der Waals surface area (Å²) in [5.74, 6) is -0.0331. The first-order valence-electron chi connectivity index (χ1n) is 8.20. The van der Waals surface area contributed by atoms with Gasteiger partial charge in [0, 0.05) is 39.8 Å². The number of aliphatic hydroxyl groups excluding tert-OH is 1. The van der Waals surface area contributed by atoms with Gasteiger partial charge < -0.3 is 14.9 Å². The van der Waals surface area contributed by atoms with Gasteiger partial charge in [-0.1, -0.05) is 24.3 Å². The number of ketones is 2. The maximum Gasteiger partial charge on any atom is 0.194 e. The second-order valence-electron chi connectivity index (χ2n) is 7.09. The van der Waals surface area contributed by atoms with Crippen LogP contribution in [0, 0.1) is 0 Å². The van der Waals surface area contributed by atoms with Crippen molar-refractivity contribution in [2.24, 2.45) is 0 Å². The molecule has 128 valence electrons. The Hall–Kier alpha value is -2.50. The highest BCUT2D eigenvalue weighted by Crippen LogP contribution is 2.43. The minimum absolute atomic E-state index is 0.217. The lowest BCUT2D eigenvalue weighted by Crippen LogP contribution is -2.39. The fourth-order valence-electron chi connectivity index (χ4n) is 3.60. The van der Waals surface area contributed by atoms with E-state index in [4.69, 9.17) is 4.74 Å². The zero-order chi connectivity index (χ0) is 17.9. The molecular weight excluding hydrogens is 320 g/mol. The van der Waals surface area contributed by atoms with Gasteiger partial charge in [-0.3, -0.25) is 9.59 Å². The maximum atomic E-state index is 13.0. The van der Waals surface area contributed by atoms with Crippen molar-refractivity contribution in [1.29, 1.82) is 0 Å². The molecule has 5 heteroatoms. The summed E-state index contributed by atoms with van der Waals surface area (Å²) in [6, 6.07) is 8.28. The molecule has 4 rings (SSSR count). The summed E-state index contributed by atoms with van der Waals surface area (Å²) >= 11 is 0. The number of fused-ring (bicyclic) bond motifs is 4. The van der Waals surface area contributed by atoms with Crippen molar-refractivity contribution >= 4 is 11.6 Å². The normalized spacial score (nSPS) is 18.5. The van der Waals surface area contributed by atoms with E-state index in [1.807, 2.05) is 0 Å². The summed E-state index contributed by atoms with van der Waals surface area (Å²) in [6.07, 6.45) is -0.227. The fraction of sp³-hybridized carbons (Fsp3) is 0.300. The third-order valence-corrected chi connectivity index (χ3v) is 4.95. The molecule has 2 aliphatic rings. The number of aliphatic hydroxyl groups is 2. The number of benzene rings is 2. The second kappa shape index (κ2) is 5.25. The van der Waals surface area contributed by atoms with E-state index in [-0.39, 0.29) is 18.2 Å². The van der Waals surface area contributed by atoms with Crippen LogP contribution < -0.4 is 4.74 Å². The maximum absolute atomic E-state index is 13.0. The van der Waals surface area contributed by atoms with Gasteiger partial charge in [0.1, 0.15) is 11.9 Å². The molecule has 0 saturated heterocycles. The van der Waals surface area contributed by atoms with Crippen molar-refractivity contribution in [3.05, 3.63) is 63.7 Å². The first-order valence-corrected chi connectivity index (χ1v) is 8.20. The monoisotopic (exact) mass is 338 g/mol. The summed E-state index contributed by atoms with van der Waals surface area (Å²) in [5, 5.41) is 20.0. The molecule has 0 spiro atoms. The van der Waals surface area contributed by atoms with Gasteiger partial charge in [0.2, 0.25) is 0 Å². The van der Waals surface area contributed by atoms with Crippen molar-refractivity contribution in [3.63, 3.8) is 0 Å². The summed E-state index contributed by atoms with van der Waals surface area (Å²) in [5.41, 5.74) is 1.34. The Balaban J connectivity index is 1.96. The summed E-state index contributed by atoms with van der Waals surface area (Å²) in [4.78, 5) is 25.9. The van der Waals surface area contributed by atoms with Gasteiger partial charge in [0.25, 0.3) is 0 Å². The van der Waals surface area contributed by atoms with E-state index in [0.29, 0.717) is 45.6 Å². The smallest absolute Gasteiger partial charge is 0.194 e. The molecule has 0 radical (unpaired) electrons. The highest BCUT2D eigenvalue weighted by molar-refractivity contribution is 6.29. The molecule has 0 amide bonds. The lowest BCUT2D eigenvalue weighted by Gasteiger charge is -2.24. The Bertz CT molecular complexity index is 920. The Kier molecular flexibility index (Phi) is 3.36. The summed E-state index contributed by atoms with van der Waals surface area (Å²) in [7, 11) is 0. The van der Waals surface area contributed by atoms with Gasteiger partial charge >= 0.3 is 0 Å². The molecule has 5 nitrogen and oxygen atoms in total. The predicted octanol–water partition coefficient (Wildman–Crippen LogP) is 2.03. The van der Waals surface area contributed by atoms with Gasteiger partial charge in [0.05, 0.1) is 12.2 Å². The second-order valence-corrected chi connectivity index (χ2v) is 7.09. The Labute approximate surface area is 144 Å². The lowest BCUT2D eigenvalue weighted by atomic mass is 9.79. The topological polar surface area (TPSA) is 83.8 Å². The molecule has 0 saturated carbocycles. The lowest BCUT2D eigenvalue weighted by molar-refractivity contribution is -0.0235. The van der Waals surface area contributed by atoms with E-state index in [1.54, 1.807) is 38.1 Å². The van der Waals surface area contributed by atoms with Gasteiger partial charge in [0.15, 0.2) is 11.6 Å². The number of rotatable bonds is 2. The SMILES string of the molecule is CC(C)(O)[C@@H]1Cc2c(c(CO)cc3c2C(=O)c2ccccc2C3=O)O1. The average Bonchev–Trinajstić information content (AvgIpc) is 3.04. The van der Waals surface area contributed by atoms with Crippen LogP contribution in [0.15, 0.2) is 30.3 Å². The van der Waals surface area contributed by atoms with Crippen LogP contribution in [0.25, 0.3) is 0 Å². The van der Waals surface area contributed by atoms with E-state index in [2.05, 4.69) is 0 Å². The predicted molar refractivity (Wildman–Crippen MR) is 90.1 cm³/mol. The highest BCUT2D eigenvalue weighted by Gasteiger charge is 2.41. The summed E-state index contributed by atoms with van der Waals surface area (Å²) in [6.45, 7) is 2.96. The van der Waals surface area contributed by atoms with Crippen LogP contribution in [0.2, 0.25) is 0 Å². The molecule has 2 N–H and O–H groups in total. The van der Waals surface area contributed by atoms with Gasteiger partial charge in [-0.05, 0) is 19.9 Å². The molecule has 0 bridgehead atoms. The number of ether oxygens (including phenoxy) is 1. The van der Waals surface area contributed by atoms with E-state index < -0.39 is 11.7 Å². The molecule has 1 atom stereocenters. The molecular formula is C20H18O5. The molecule has 0 aromatic heterocycles. The Morgan fingerprint density at radius 1 is 1.12 bits per heavy atom. The van der Waals surface area contributed by atoms with Crippen molar-refractivity contribution in [2.75, 3.05) is 0 Å². The van der Waals surface area contributed by atoms with Crippen LogP contribution >= 0.6 is 0 Å². The van der Waals surface area contributed by atoms with Crippen LogP contribution in [-0.2, 0) is 13.0 Å².